The zero-order chi connectivity index (χ0) is 43.7. The van der Waals surface area contributed by atoms with E-state index in [1.165, 1.54) is 173 Å². The van der Waals surface area contributed by atoms with Gasteiger partial charge in [0.15, 0.2) is 6.10 Å². The summed E-state index contributed by atoms with van der Waals surface area (Å²) in [6.07, 6.45) is 55.8. The molecule has 0 aliphatic carbocycles. The van der Waals surface area contributed by atoms with Gasteiger partial charge in [0.05, 0.1) is 0 Å². The summed E-state index contributed by atoms with van der Waals surface area (Å²) < 4.78 is 16.8. The van der Waals surface area contributed by atoms with Crippen LogP contribution in [0.1, 0.15) is 284 Å². The largest absolute Gasteiger partial charge is 0.462 e. The van der Waals surface area contributed by atoms with Gasteiger partial charge in [-0.15, -0.1) is 0 Å². The standard InChI is InChI=1S/C54H100O6/c1-4-7-10-13-16-19-22-24-26-27-28-30-32-35-38-41-44-47-53(56)59-50-51(49-58-52(55)46-43-40-37-34-31-21-18-15-12-9-6-3)60-54(57)48-45-42-39-36-33-29-25-23-20-17-14-11-8-5-2/h16,19,24,26,51H,4-15,17-18,20-23,25,27-50H2,1-3H3/b19-16-,26-24-/t51-/m1/s1. The summed E-state index contributed by atoms with van der Waals surface area (Å²) in [5.41, 5.74) is 0. The zero-order valence-electron chi connectivity index (χ0n) is 40.2. The molecule has 0 radical (unpaired) electrons. The molecule has 0 amide bonds. The number of carbonyl (C=O) groups is 3. The monoisotopic (exact) mass is 845 g/mol. The lowest BCUT2D eigenvalue weighted by Crippen LogP contribution is -2.30. The summed E-state index contributed by atoms with van der Waals surface area (Å²) >= 11 is 0. The van der Waals surface area contributed by atoms with Crippen LogP contribution in [0, 0.1) is 0 Å². The number of hydrogen-bond acceptors (Lipinski definition) is 6. The fraction of sp³-hybridized carbons (Fsp3) is 0.870. The summed E-state index contributed by atoms with van der Waals surface area (Å²) in [4.78, 5) is 37.9. The molecular weight excluding hydrogens is 745 g/mol. The molecule has 0 saturated carbocycles. The molecule has 0 heterocycles. The number of ether oxygens (including phenoxy) is 3. The molecule has 0 aromatic rings. The summed E-state index contributed by atoms with van der Waals surface area (Å²) in [5.74, 6) is -0.863. The quantitative estimate of drug-likeness (QED) is 0.0263. The summed E-state index contributed by atoms with van der Waals surface area (Å²) in [6.45, 7) is 6.63. The molecule has 0 N–H and O–H groups in total. The van der Waals surface area contributed by atoms with Crippen molar-refractivity contribution in [2.75, 3.05) is 13.2 Å². The Bertz CT molecular complexity index is 973. The first-order valence-corrected chi connectivity index (χ1v) is 26.3. The highest BCUT2D eigenvalue weighted by atomic mass is 16.6. The van der Waals surface area contributed by atoms with Gasteiger partial charge in [0.1, 0.15) is 13.2 Å². The van der Waals surface area contributed by atoms with Gasteiger partial charge in [0, 0.05) is 19.3 Å². The molecule has 6 heteroatoms. The Morgan fingerprint density at radius 2 is 0.600 bits per heavy atom. The maximum atomic E-state index is 12.8. The molecule has 352 valence electrons. The normalized spacial score (nSPS) is 12.1. The van der Waals surface area contributed by atoms with Crippen LogP contribution in [0.5, 0.6) is 0 Å². The maximum Gasteiger partial charge on any atom is 0.306 e. The minimum Gasteiger partial charge on any atom is -0.462 e. The van der Waals surface area contributed by atoms with Crippen molar-refractivity contribution in [1.29, 1.82) is 0 Å². The van der Waals surface area contributed by atoms with Crippen LogP contribution in [0.15, 0.2) is 24.3 Å². The first-order valence-electron chi connectivity index (χ1n) is 26.3. The van der Waals surface area contributed by atoms with E-state index in [1.54, 1.807) is 0 Å². The number of allylic oxidation sites excluding steroid dienone is 4. The Hall–Kier alpha value is -2.11. The molecule has 60 heavy (non-hydrogen) atoms. The Morgan fingerprint density at radius 3 is 0.950 bits per heavy atom. The molecule has 0 aliphatic heterocycles. The first kappa shape index (κ1) is 57.9. The third-order valence-electron chi connectivity index (χ3n) is 11.7. The molecule has 0 fully saturated rings. The second-order valence-corrected chi connectivity index (χ2v) is 17.8. The van der Waals surface area contributed by atoms with Crippen molar-refractivity contribution in [2.45, 2.75) is 290 Å². The van der Waals surface area contributed by atoms with E-state index in [-0.39, 0.29) is 31.1 Å². The van der Waals surface area contributed by atoms with Gasteiger partial charge in [0.2, 0.25) is 0 Å². The van der Waals surface area contributed by atoms with E-state index in [0.717, 1.165) is 70.6 Å². The van der Waals surface area contributed by atoms with Crippen molar-refractivity contribution in [3.05, 3.63) is 24.3 Å². The molecule has 6 nitrogen and oxygen atoms in total. The molecule has 0 aromatic carbocycles. The van der Waals surface area contributed by atoms with Crippen molar-refractivity contribution in [3.63, 3.8) is 0 Å². The van der Waals surface area contributed by atoms with Crippen molar-refractivity contribution in [3.8, 4) is 0 Å². The second kappa shape index (κ2) is 49.5. The van der Waals surface area contributed by atoms with Crippen LogP contribution >= 0.6 is 0 Å². The lowest BCUT2D eigenvalue weighted by atomic mass is 10.0. The second-order valence-electron chi connectivity index (χ2n) is 17.8. The molecular formula is C54H100O6. The Balaban J connectivity index is 4.32. The topological polar surface area (TPSA) is 78.9 Å². The van der Waals surface area contributed by atoms with E-state index in [9.17, 15) is 14.4 Å². The van der Waals surface area contributed by atoms with Crippen LogP contribution in [0.4, 0.5) is 0 Å². The number of hydrogen-bond donors (Lipinski definition) is 0. The van der Waals surface area contributed by atoms with Gasteiger partial charge in [-0.05, 0) is 51.4 Å². The Morgan fingerprint density at radius 1 is 0.333 bits per heavy atom. The van der Waals surface area contributed by atoms with Crippen LogP contribution in [0.2, 0.25) is 0 Å². The third-order valence-corrected chi connectivity index (χ3v) is 11.7. The maximum absolute atomic E-state index is 12.8. The van der Waals surface area contributed by atoms with Gasteiger partial charge in [-0.25, -0.2) is 0 Å². The minimum absolute atomic E-state index is 0.0689. The third kappa shape index (κ3) is 46.9. The average Bonchev–Trinajstić information content (AvgIpc) is 3.24. The molecule has 1 atom stereocenters. The van der Waals surface area contributed by atoms with Crippen molar-refractivity contribution >= 4 is 17.9 Å². The predicted molar refractivity (Wildman–Crippen MR) is 256 cm³/mol. The molecule has 0 rings (SSSR count). The number of rotatable bonds is 48. The summed E-state index contributed by atoms with van der Waals surface area (Å²) in [5, 5.41) is 0. The predicted octanol–water partition coefficient (Wildman–Crippen LogP) is 17.2. The molecule has 0 bridgehead atoms. The summed E-state index contributed by atoms with van der Waals surface area (Å²) in [6, 6.07) is 0. The molecule has 0 aromatic heterocycles. The van der Waals surface area contributed by atoms with Crippen LogP contribution in [-0.2, 0) is 28.6 Å². The number of carbonyl (C=O) groups excluding carboxylic acids is 3. The molecule has 0 saturated heterocycles. The fourth-order valence-corrected chi connectivity index (χ4v) is 7.71. The lowest BCUT2D eigenvalue weighted by molar-refractivity contribution is -0.167. The first-order chi connectivity index (χ1) is 29.5. The average molecular weight is 845 g/mol. The van der Waals surface area contributed by atoms with E-state index in [1.807, 2.05) is 0 Å². The van der Waals surface area contributed by atoms with Gasteiger partial charge >= 0.3 is 17.9 Å². The lowest BCUT2D eigenvalue weighted by Gasteiger charge is -2.18. The smallest absolute Gasteiger partial charge is 0.306 e. The van der Waals surface area contributed by atoms with Crippen molar-refractivity contribution in [2.24, 2.45) is 0 Å². The molecule has 0 aliphatic rings. The Labute approximate surface area is 373 Å². The van der Waals surface area contributed by atoms with Gasteiger partial charge in [-0.2, -0.15) is 0 Å². The fourth-order valence-electron chi connectivity index (χ4n) is 7.71. The van der Waals surface area contributed by atoms with Gasteiger partial charge in [-0.3, -0.25) is 14.4 Å². The highest BCUT2D eigenvalue weighted by Gasteiger charge is 2.19. The highest BCUT2D eigenvalue weighted by molar-refractivity contribution is 5.71. The summed E-state index contributed by atoms with van der Waals surface area (Å²) in [7, 11) is 0. The van der Waals surface area contributed by atoms with Gasteiger partial charge < -0.3 is 14.2 Å². The number of esters is 3. The van der Waals surface area contributed by atoms with E-state index >= 15 is 0 Å². The van der Waals surface area contributed by atoms with Gasteiger partial charge in [-0.1, -0.05) is 238 Å². The SMILES string of the molecule is CCCCC/C=C\C/C=C\CCCCCCCCCC(=O)OC[C@@H](COC(=O)CCCCCCCCCCCCC)OC(=O)CCCCCCCCCCCCCCCC. The van der Waals surface area contributed by atoms with Gasteiger partial charge in [0.25, 0.3) is 0 Å². The zero-order valence-corrected chi connectivity index (χ0v) is 40.2. The van der Waals surface area contributed by atoms with E-state index in [2.05, 4.69) is 45.1 Å². The van der Waals surface area contributed by atoms with E-state index in [0.29, 0.717) is 19.3 Å². The molecule has 0 unspecified atom stereocenters. The van der Waals surface area contributed by atoms with Crippen LogP contribution in [0.3, 0.4) is 0 Å². The Kier molecular flexibility index (Phi) is 47.8. The van der Waals surface area contributed by atoms with Crippen LogP contribution < -0.4 is 0 Å². The van der Waals surface area contributed by atoms with Crippen molar-refractivity contribution in [1.82, 2.24) is 0 Å². The molecule has 0 spiro atoms. The number of unbranched alkanes of at least 4 members (excludes halogenated alkanes) is 33. The minimum atomic E-state index is -0.767. The van der Waals surface area contributed by atoms with Crippen LogP contribution in [0.25, 0.3) is 0 Å². The van der Waals surface area contributed by atoms with E-state index < -0.39 is 6.10 Å². The van der Waals surface area contributed by atoms with Crippen molar-refractivity contribution < 1.29 is 28.6 Å². The van der Waals surface area contributed by atoms with Crippen LogP contribution in [-0.4, -0.2) is 37.2 Å². The van der Waals surface area contributed by atoms with E-state index in [4.69, 9.17) is 14.2 Å². The highest BCUT2D eigenvalue weighted by Crippen LogP contribution is 2.16.